The van der Waals surface area contributed by atoms with Gasteiger partial charge in [0.2, 0.25) is 0 Å². The van der Waals surface area contributed by atoms with Crippen LogP contribution in [0.1, 0.15) is 55.4 Å². The van der Waals surface area contributed by atoms with E-state index in [0.29, 0.717) is 0 Å². The van der Waals surface area contributed by atoms with Gasteiger partial charge < -0.3 is 5.32 Å². The van der Waals surface area contributed by atoms with Crippen LogP contribution in [0.5, 0.6) is 0 Å². The molecule has 1 aromatic heterocycles. The van der Waals surface area contributed by atoms with Crippen molar-refractivity contribution in [1.82, 2.24) is 10.2 Å². The molecule has 1 heterocycles. The van der Waals surface area contributed by atoms with Crippen molar-refractivity contribution in [3.05, 3.63) is 21.4 Å². The van der Waals surface area contributed by atoms with Crippen LogP contribution in [-0.2, 0) is 13.1 Å². The predicted molar refractivity (Wildman–Crippen MR) is 93.9 cm³/mol. The molecule has 0 aliphatic heterocycles. The smallest absolute Gasteiger partial charge is 0.0300 e. The second-order valence-corrected chi connectivity index (χ2v) is 8.34. The lowest BCUT2D eigenvalue weighted by molar-refractivity contribution is 0.255. The summed E-state index contributed by atoms with van der Waals surface area (Å²) in [5.74, 6) is 1.71. The van der Waals surface area contributed by atoms with Crippen molar-refractivity contribution < 1.29 is 0 Å². The fraction of sp³-hybridized carbons (Fsp3) is 0.778. The normalized spacial score (nSPS) is 15.3. The molecule has 0 radical (unpaired) electrons. The van der Waals surface area contributed by atoms with Crippen LogP contribution in [0.15, 0.2) is 6.07 Å². The summed E-state index contributed by atoms with van der Waals surface area (Å²) >= 11 is 1.97. The van der Waals surface area contributed by atoms with Gasteiger partial charge in [0.05, 0.1) is 0 Å². The SMILES string of the molecule is CCCN(Cc1cc(CNCC(C)C)sc1C)CC1CC1. The van der Waals surface area contributed by atoms with Crippen molar-refractivity contribution in [3.63, 3.8) is 0 Å². The zero-order valence-electron chi connectivity index (χ0n) is 14.2. The van der Waals surface area contributed by atoms with E-state index in [-0.39, 0.29) is 0 Å². The average Bonchev–Trinajstić information content (AvgIpc) is 3.15. The monoisotopic (exact) mass is 308 g/mol. The van der Waals surface area contributed by atoms with Crippen LogP contribution in [0, 0.1) is 18.8 Å². The standard InChI is InChI=1S/C18H32N2S/c1-5-8-20(12-16-6-7-16)13-17-9-18(21-15(17)4)11-19-10-14(2)3/h9,14,16,19H,5-8,10-13H2,1-4H3. The van der Waals surface area contributed by atoms with E-state index in [4.69, 9.17) is 0 Å². The quantitative estimate of drug-likeness (QED) is 0.688. The van der Waals surface area contributed by atoms with E-state index in [0.717, 1.165) is 31.5 Å². The summed E-state index contributed by atoms with van der Waals surface area (Å²) in [4.78, 5) is 5.66. The van der Waals surface area contributed by atoms with Crippen molar-refractivity contribution in [2.75, 3.05) is 19.6 Å². The molecule has 1 aromatic rings. The molecule has 0 saturated heterocycles. The van der Waals surface area contributed by atoms with Gasteiger partial charge in [-0.2, -0.15) is 0 Å². The topological polar surface area (TPSA) is 15.3 Å². The average molecular weight is 309 g/mol. The molecule has 1 fully saturated rings. The third-order valence-electron chi connectivity index (χ3n) is 4.07. The Bertz CT molecular complexity index is 421. The molecule has 1 aliphatic rings. The molecule has 1 saturated carbocycles. The van der Waals surface area contributed by atoms with Crippen LogP contribution in [0.4, 0.5) is 0 Å². The molecular formula is C18H32N2S. The van der Waals surface area contributed by atoms with Gasteiger partial charge in [-0.3, -0.25) is 4.90 Å². The largest absolute Gasteiger partial charge is 0.312 e. The zero-order chi connectivity index (χ0) is 15.2. The maximum atomic E-state index is 3.56. The van der Waals surface area contributed by atoms with E-state index in [9.17, 15) is 0 Å². The summed E-state index contributed by atoms with van der Waals surface area (Å²) in [7, 11) is 0. The second-order valence-electron chi connectivity index (χ2n) is 7.00. The Morgan fingerprint density at radius 3 is 2.76 bits per heavy atom. The van der Waals surface area contributed by atoms with E-state index in [1.165, 1.54) is 42.1 Å². The maximum Gasteiger partial charge on any atom is 0.0300 e. The van der Waals surface area contributed by atoms with Gasteiger partial charge in [0.25, 0.3) is 0 Å². The van der Waals surface area contributed by atoms with E-state index in [2.05, 4.69) is 44.0 Å². The molecule has 0 unspecified atom stereocenters. The molecule has 3 heteroatoms. The summed E-state index contributed by atoms with van der Waals surface area (Å²) in [6, 6.07) is 2.43. The lowest BCUT2D eigenvalue weighted by Crippen LogP contribution is -2.26. The third kappa shape index (κ3) is 6.09. The molecule has 0 bridgehead atoms. The molecule has 120 valence electrons. The van der Waals surface area contributed by atoms with Crippen molar-refractivity contribution in [2.24, 2.45) is 11.8 Å². The Balaban J connectivity index is 1.87. The van der Waals surface area contributed by atoms with Crippen LogP contribution in [-0.4, -0.2) is 24.5 Å². The molecule has 1 N–H and O–H groups in total. The first-order valence-corrected chi connectivity index (χ1v) is 9.41. The zero-order valence-corrected chi connectivity index (χ0v) is 15.1. The highest BCUT2D eigenvalue weighted by atomic mass is 32.1. The number of thiophene rings is 1. The highest BCUT2D eigenvalue weighted by Crippen LogP contribution is 2.31. The lowest BCUT2D eigenvalue weighted by Gasteiger charge is -2.21. The maximum absolute atomic E-state index is 3.56. The van der Waals surface area contributed by atoms with Crippen LogP contribution in [0.3, 0.4) is 0 Å². The van der Waals surface area contributed by atoms with Gasteiger partial charge in [0, 0.05) is 29.4 Å². The van der Waals surface area contributed by atoms with Crippen molar-refractivity contribution in [2.45, 2.75) is 60.0 Å². The number of aryl methyl sites for hydroxylation is 1. The Labute approximate surface area is 134 Å². The molecule has 0 aromatic carbocycles. The van der Waals surface area contributed by atoms with Gasteiger partial charge in [-0.1, -0.05) is 20.8 Å². The predicted octanol–water partition coefficient (Wildman–Crippen LogP) is 4.42. The molecular weight excluding hydrogens is 276 g/mol. The summed E-state index contributed by atoms with van der Waals surface area (Å²) in [6.45, 7) is 14.9. The Hall–Kier alpha value is -0.380. The van der Waals surface area contributed by atoms with Gasteiger partial charge >= 0.3 is 0 Å². The summed E-state index contributed by atoms with van der Waals surface area (Å²) < 4.78 is 0. The third-order valence-corrected chi connectivity index (χ3v) is 5.16. The number of nitrogens with zero attached hydrogens (tertiary/aromatic N) is 1. The second kappa shape index (κ2) is 8.30. The Morgan fingerprint density at radius 2 is 2.14 bits per heavy atom. The Morgan fingerprint density at radius 1 is 1.38 bits per heavy atom. The summed E-state index contributed by atoms with van der Waals surface area (Å²) in [5, 5.41) is 3.56. The number of nitrogens with one attached hydrogen (secondary N) is 1. The molecule has 2 nitrogen and oxygen atoms in total. The van der Waals surface area contributed by atoms with E-state index < -0.39 is 0 Å². The molecule has 0 amide bonds. The van der Waals surface area contributed by atoms with Gasteiger partial charge in [0.1, 0.15) is 0 Å². The van der Waals surface area contributed by atoms with E-state index >= 15 is 0 Å². The first-order chi connectivity index (χ1) is 10.1. The summed E-state index contributed by atoms with van der Waals surface area (Å²) in [5.41, 5.74) is 1.55. The van der Waals surface area contributed by atoms with Crippen molar-refractivity contribution >= 4 is 11.3 Å². The molecule has 21 heavy (non-hydrogen) atoms. The Kier molecular flexibility index (Phi) is 6.72. The highest BCUT2D eigenvalue weighted by Gasteiger charge is 2.24. The summed E-state index contributed by atoms with van der Waals surface area (Å²) in [6.07, 6.45) is 4.17. The first kappa shape index (κ1) is 17.0. The number of rotatable bonds is 10. The van der Waals surface area contributed by atoms with E-state index in [1.54, 1.807) is 5.56 Å². The minimum Gasteiger partial charge on any atom is -0.312 e. The fourth-order valence-electron chi connectivity index (χ4n) is 2.77. The van der Waals surface area contributed by atoms with Crippen LogP contribution in [0.2, 0.25) is 0 Å². The first-order valence-electron chi connectivity index (χ1n) is 8.59. The highest BCUT2D eigenvalue weighted by molar-refractivity contribution is 7.12. The number of hydrogen-bond acceptors (Lipinski definition) is 3. The van der Waals surface area contributed by atoms with Gasteiger partial charge in [-0.25, -0.2) is 0 Å². The van der Waals surface area contributed by atoms with Gasteiger partial charge in [-0.15, -0.1) is 11.3 Å². The molecule has 0 spiro atoms. The van der Waals surface area contributed by atoms with Gasteiger partial charge in [-0.05, 0) is 62.7 Å². The molecule has 1 aliphatic carbocycles. The van der Waals surface area contributed by atoms with E-state index in [1.807, 2.05) is 11.3 Å². The van der Waals surface area contributed by atoms with Crippen molar-refractivity contribution in [1.29, 1.82) is 0 Å². The lowest BCUT2D eigenvalue weighted by atomic mass is 10.2. The van der Waals surface area contributed by atoms with Crippen molar-refractivity contribution in [3.8, 4) is 0 Å². The molecule has 0 atom stereocenters. The number of hydrogen-bond donors (Lipinski definition) is 1. The van der Waals surface area contributed by atoms with Crippen LogP contribution >= 0.6 is 11.3 Å². The van der Waals surface area contributed by atoms with Crippen LogP contribution in [0.25, 0.3) is 0 Å². The molecule has 2 rings (SSSR count). The van der Waals surface area contributed by atoms with Gasteiger partial charge in [0.15, 0.2) is 0 Å². The van der Waals surface area contributed by atoms with Crippen LogP contribution < -0.4 is 5.32 Å². The fourth-order valence-corrected chi connectivity index (χ4v) is 3.80. The minimum atomic E-state index is 0.726. The minimum absolute atomic E-state index is 0.726.